The van der Waals surface area contributed by atoms with Gasteiger partial charge in [0.2, 0.25) is 6.43 Å². The number of halogens is 2. The van der Waals surface area contributed by atoms with Gasteiger partial charge in [-0.15, -0.1) is 0 Å². The fourth-order valence-corrected chi connectivity index (χ4v) is 3.07. The van der Waals surface area contributed by atoms with Crippen molar-refractivity contribution in [3.05, 3.63) is 42.1 Å². The first kappa shape index (κ1) is 16.5. The van der Waals surface area contributed by atoms with Gasteiger partial charge in [-0.25, -0.2) is 18.7 Å². The Morgan fingerprint density at radius 3 is 2.67 bits per heavy atom. The summed E-state index contributed by atoms with van der Waals surface area (Å²) in [5, 5.41) is 2.92. The second-order valence-electron chi connectivity index (χ2n) is 6.28. The maximum atomic E-state index is 12.7. The van der Waals surface area contributed by atoms with E-state index in [4.69, 9.17) is 0 Å². The van der Waals surface area contributed by atoms with Gasteiger partial charge in [-0.3, -0.25) is 9.36 Å². The number of nitrogens with one attached hydrogen (secondary N) is 1. The number of amides is 1. The van der Waals surface area contributed by atoms with Gasteiger partial charge in [-0.1, -0.05) is 0 Å². The number of imidazole rings is 1. The summed E-state index contributed by atoms with van der Waals surface area (Å²) >= 11 is 0. The second kappa shape index (κ2) is 7.07. The molecule has 0 atom stereocenters. The molecule has 2 aromatic heterocycles. The van der Waals surface area contributed by atoms with Gasteiger partial charge in [0, 0.05) is 24.4 Å². The Labute approximate surface area is 139 Å². The molecule has 1 N–H and O–H groups in total. The number of alkyl halides is 2. The van der Waals surface area contributed by atoms with Crippen LogP contribution in [-0.2, 0) is 0 Å². The molecule has 24 heavy (non-hydrogen) atoms. The van der Waals surface area contributed by atoms with E-state index < -0.39 is 12.3 Å². The maximum absolute atomic E-state index is 12.7. The molecule has 2 aromatic rings. The first-order chi connectivity index (χ1) is 11.5. The number of hydrogen-bond donors (Lipinski definition) is 1. The molecule has 1 saturated carbocycles. The van der Waals surface area contributed by atoms with Crippen molar-refractivity contribution in [1.29, 1.82) is 0 Å². The molecular formula is C17H20F2N4O. The lowest BCUT2D eigenvalue weighted by molar-refractivity contribution is 0.0499. The van der Waals surface area contributed by atoms with Crippen molar-refractivity contribution in [3.8, 4) is 5.82 Å². The van der Waals surface area contributed by atoms with Crippen molar-refractivity contribution < 1.29 is 13.6 Å². The standard InChI is InChI=1S/C17H20F2N4O/c1-11-8-14(22-15(9-11)23-7-6-20-10-23)17(24)21-13-4-2-12(3-5-13)16(18)19/h6-10,12-13,16H,2-5H2,1H3,(H,21,24). The summed E-state index contributed by atoms with van der Waals surface area (Å²) in [6.45, 7) is 1.90. The average molecular weight is 334 g/mol. The normalized spacial score (nSPS) is 21.0. The molecule has 1 aliphatic rings. The van der Waals surface area contributed by atoms with Gasteiger partial charge in [0.25, 0.3) is 5.91 Å². The molecule has 2 heterocycles. The molecule has 128 valence electrons. The largest absolute Gasteiger partial charge is 0.348 e. The van der Waals surface area contributed by atoms with Gasteiger partial charge in [-0.05, 0) is 50.3 Å². The van der Waals surface area contributed by atoms with E-state index in [1.165, 1.54) is 0 Å². The second-order valence-corrected chi connectivity index (χ2v) is 6.28. The van der Waals surface area contributed by atoms with E-state index in [0.29, 0.717) is 37.2 Å². The van der Waals surface area contributed by atoms with Crippen LogP contribution in [0.2, 0.25) is 0 Å². The molecule has 7 heteroatoms. The van der Waals surface area contributed by atoms with Gasteiger partial charge in [0.1, 0.15) is 17.8 Å². The molecule has 0 bridgehead atoms. The third-order valence-electron chi connectivity index (χ3n) is 4.42. The van der Waals surface area contributed by atoms with Gasteiger partial charge >= 0.3 is 0 Å². The van der Waals surface area contributed by atoms with Crippen LogP contribution in [0.5, 0.6) is 0 Å². The quantitative estimate of drug-likeness (QED) is 0.934. The first-order valence-electron chi connectivity index (χ1n) is 8.09. The number of rotatable bonds is 4. The summed E-state index contributed by atoms with van der Waals surface area (Å²) in [5.74, 6) is -0.178. The molecule has 0 aliphatic heterocycles. The predicted octanol–water partition coefficient (Wildman–Crippen LogP) is 3.13. The summed E-state index contributed by atoms with van der Waals surface area (Å²) in [6, 6.07) is 3.53. The summed E-state index contributed by atoms with van der Waals surface area (Å²) in [4.78, 5) is 20.8. The highest BCUT2D eigenvalue weighted by Gasteiger charge is 2.28. The summed E-state index contributed by atoms with van der Waals surface area (Å²) in [5.41, 5.74) is 1.25. The highest BCUT2D eigenvalue weighted by molar-refractivity contribution is 5.92. The van der Waals surface area contributed by atoms with E-state index in [1.54, 1.807) is 29.4 Å². The zero-order chi connectivity index (χ0) is 17.1. The van der Waals surface area contributed by atoms with Gasteiger partial charge in [0.15, 0.2) is 0 Å². The van der Waals surface area contributed by atoms with Crippen molar-refractivity contribution in [2.75, 3.05) is 0 Å². The van der Waals surface area contributed by atoms with Crippen LogP contribution in [0.1, 0.15) is 41.7 Å². The Morgan fingerprint density at radius 2 is 2.04 bits per heavy atom. The molecule has 5 nitrogen and oxygen atoms in total. The van der Waals surface area contributed by atoms with Crippen LogP contribution in [0.25, 0.3) is 5.82 Å². The predicted molar refractivity (Wildman–Crippen MR) is 85.3 cm³/mol. The first-order valence-corrected chi connectivity index (χ1v) is 8.09. The average Bonchev–Trinajstić information content (AvgIpc) is 3.09. The zero-order valence-corrected chi connectivity index (χ0v) is 13.5. The molecule has 0 aromatic carbocycles. The number of aryl methyl sites for hydroxylation is 1. The number of nitrogens with zero attached hydrogens (tertiary/aromatic N) is 3. The highest BCUT2D eigenvalue weighted by Crippen LogP contribution is 2.29. The molecule has 0 radical (unpaired) electrons. The Bertz CT molecular complexity index is 695. The number of pyridine rings is 1. The monoisotopic (exact) mass is 334 g/mol. The Morgan fingerprint density at radius 1 is 1.29 bits per heavy atom. The minimum Gasteiger partial charge on any atom is -0.348 e. The van der Waals surface area contributed by atoms with E-state index in [0.717, 1.165) is 5.56 Å². The van der Waals surface area contributed by atoms with Crippen LogP contribution < -0.4 is 5.32 Å². The molecule has 1 aliphatic carbocycles. The highest BCUT2D eigenvalue weighted by atomic mass is 19.3. The van der Waals surface area contributed by atoms with E-state index >= 15 is 0 Å². The lowest BCUT2D eigenvalue weighted by Crippen LogP contribution is -2.39. The van der Waals surface area contributed by atoms with Crippen LogP contribution in [0.3, 0.4) is 0 Å². The van der Waals surface area contributed by atoms with Gasteiger partial charge < -0.3 is 5.32 Å². The number of aromatic nitrogens is 3. The Balaban J connectivity index is 1.67. The maximum Gasteiger partial charge on any atom is 0.270 e. The fraction of sp³-hybridized carbons (Fsp3) is 0.471. The summed E-state index contributed by atoms with van der Waals surface area (Å²) < 4.78 is 27.1. The van der Waals surface area contributed by atoms with Crippen LogP contribution in [0.4, 0.5) is 8.78 Å². The minimum atomic E-state index is -2.27. The lowest BCUT2D eigenvalue weighted by Gasteiger charge is -2.28. The zero-order valence-electron chi connectivity index (χ0n) is 13.5. The molecule has 0 unspecified atom stereocenters. The molecule has 3 rings (SSSR count). The van der Waals surface area contributed by atoms with Crippen LogP contribution in [-0.4, -0.2) is 32.9 Å². The molecule has 1 fully saturated rings. The number of carbonyl (C=O) groups is 1. The third-order valence-corrected chi connectivity index (χ3v) is 4.42. The third kappa shape index (κ3) is 3.77. The summed E-state index contributed by atoms with van der Waals surface area (Å²) in [6.07, 6.45) is 4.82. The van der Waals surface area contributed by atoms with Crippen LogP contribution in [0, 0.1) is 12.8 Å². The number of carbonyl (C=O) groups excluding carboxylic acids is 1. The molecule has 1 amide bonds. The Hall–Kier alpha value is -2.31. The van der Waals surface area contributed by atoms with Gasteiger partial charge in [0.05, 0.1) is 0 Å². The number of hydrogen-bond acceptors (Lipinski definition) is 3. The lowest BCUT2D eigenvalue weighted by atomic mass is 9.86. The molecule has 0 spiro atoms. The molecule has 0 saturated heterocycles. The topological polar surface area (TPSA) is 59.8 Å². The Kier molecular flexibility index (Phi) is 4.87. The molecular weight excluding hydrogens is 314 g/mol. The van der Waals surface area contributed by atoms with Crippen molar-refractivity contribution >= 4 is 5.91 Å². The minimum absolute atomic E-state index is 0.0634. The smallest absolute Gasteiger partial charge is 0.270 e. The van der Waals surface area contributed by atoms with E-state index in [9.17, 15) is 13.6 Å². The van der Waals surface area contributed by atoms with E-state index in [2.05, 4.69) is 15.3 Å². The van der Waals surface area contributed by atoms with Crippen LogP contribution >= 0.6 is 0 Å². The van der Waals surface area contributed by atoms with Crippen LogP contribution in [0.15, 0.2) is 30.9 Å². The van der Waals surface area contributed by atoms with Crippen molar-refractivity contribution in [2.24, 2.45) is 5.92 Å². The van der Waals surface area contributed by atoms with Gasteiger partial charge in [-0.2, -0.15) is 0 Å². The van der Waals surface area contributed by atoms with Crippen molar-refractivity contribution in [1.82, 2.24) is 19.9 Å². The van der Waals surface area contributed by atoms with E-state index in [-0.39, 0.29) is 11.9 Å². The SMILES string of the molecule is Cc1cc(C(=O)NC2CCC(C(F)F)CC2)nc(-n2ccnc2)c1. The fourth-order valence-electron chi connectivity index (χ4n) is 3.07. The van der Waals surface area contributed by atoms with E-state index in [1.807, 2.05) is 13.0 Å². The summed E-state index contributed by atoms with van der Waals surface area (Å²) in [7, 11) is 0. The van der Waals surface area contributed by atoms with Crippen molar-refractivity contribution in [2.45, 2.75) is 45.1 Å². The van der Waals surface area contributed by atoms with Crippen molar-refractivity contribution in [3.63, 3.8) is 0 Å².